The zero-order valence-corrected chi connectivity index (χ0v) is 21.7. The molecule has 1 atom stereocenters. The molecule has 5 aromatic rings. The molecule has 1 aromatic carbocycles. The molecule has 8 heteroatoms. The van der Waals surface area contributed by atoms with Crippen molar-refractivity contribution in [1.82, 2.24) is 29.5 Å². The first kappa shape index (κ1) is 23.8. The van der Waals surface area contributed by atoms with Crippen molar-refractivity contribution in [3.05, 3.63) is 71.8 Å². The molecule has 8 nitrogen and oxygen atoms in total. The Kier molecular flexibility index (Phi) is 5.81. The molecule has 0 bridgehead atoms. The lowest BCUT2D eigenvalue weighted by molar-refractivity contribution is 0.0547. The molecule has 1 N–H and O–H groups in total. The Morgan fingerprint density at radius 3 is 2.54 bits per heavy atom. The van der Waals surface area contributed by atoms with Crippen LogP contribution in [0.15, 0.2) is 54.9 Å². The van der Waals surface area contributed by atoms with E-state index in [1.165, 1.54) is 0 Å². The third kappa shape index (κ3) is 4.10. The van der Waals surface area contributed by atoms with E-state index in [0.717, 1.165) is 76.2 Å². The van der Waals surface area contributed by atoms with Crippen LogP contribution >= 0.6 is 0 Å². The summed E-state index contributed by atoms with van der Waals surface area (Å²) in [5.41, 5.74) is 6.70. The zero-order chi connectivity index (χ0) is 25.7. The molecule has 0 spiro atoms. The van der Waals surface area contributed by atoms with Gasteiger partial charge in [-0.3, -0.25) is 9.97 Å². The highest BCUT2D eigenvalue weighted by Crippen LogP contribution is 2.41. The number of hydrogen-bond acceptors (Lipinski definition) is 6. The summed E-state index contributed by atoms with van der Waals surface area (Å²) < 4.78 is 9.94. The lowest BCUT2D eigenvalue weighted by atomic mass is 9.88. The maximum Gasteiger partial charge on any atom is 0.0960 e. The minimum atomic E-state index is -0.968. The van der Waals surface area contributed by atoms with E-state index in [0.29, 0.717) is 5.92 Å². The maximum absolute atomic E-state index is 10.9. The van der Waals surface area contributed by atoms with Gasteiger partial charge in [0.05, 0.1) is 45.3 Å². The zero-order valence-electron chi connectivity index (χ0n) is 21.7. The van der Waals surface area contributed by atoms with Crippen molar-refractivity contribution in [2.75, 3.05) is 13.2 Å². The van der Waals surface area contributed by atoms with Gasteiger partial charge in [0.2, 0.25) is 0 Å². The Hall–Kier alpha value is -3.62. The van der Waals surface area contributed by atoms with Crippen molar-refractivity contribution in [1.29, 1.82) is 0 Å². The fraction of sp³-hybridized carbons (Fsp3) is 0.379. The van der Waals surface area contributed by atoms with Gasteiger partial charge in [0.25, 0.3) is 0 Å². The van der Waals surface area contributed by atoms with Gasteiger partial charge in [-0.25, -0.2) is 4.68 Å². The Morgan fingerprint density at radius 1 is 1.05 bits per heavy atom. The first-order chi connectivity index (χ1) is 17.8. The number of ether oxygens (including phenoxy) is 1. The Morgan fingerprint density at radius 2 is 1.86 bits per heavy atom. The van der Waals surface area contributed by atoms with Gasteiger partial charge in [-0.2, -0.15) is 0 Å². The van der Waals surface area contributed by atoms with Crippen LogP contribution in [0.3, 0.4) is 0 Å². The molecule has 0 aliphatic carbocycles. The van der Waals surface area contributed by atoms with E-state index in [4.69, 9.17) is 14.7 Å². The van der Waals surface area contributed by atoms with Crippen molar-refractivity contribution in [3.63, 3.8) is 0 Å². The minimum Gasteiger partial charge on any atom is -0.386 e. The molecule has 1 aliphatic heterocycles. The van der Waals surface area contributed by atoms with E-state index in [1.54, 1.807) is 4.68 Å². The van der Waals surface area contributed by atoms with Crippen molar-refractivity contribution in [3.8, 4) is 11.3 Å². The topological polar surface area (TPSA) is 90.9 Å². The average Bonchev–Trinajstić information content (AvgIpc) is 3.40. The van der Waals surface area contributed by atoms with Gasteiger partial charge in [0, 0.05) is 43.6 Å². The molecule has 1 fully saturated rings. The van der Waals surface area contributed by atoms with Crippen molar-refractivity contribution in [2.45, 2.75) is 45.3 Å². The molecule has 0 unspecified atom stereocenters. The molecule has 37 heavy (non-hydrogen) atoms. The molecular weight excluding hydrogens is 464 g/mol. The molecule has 1 aliphatic rings. The van der Waals surface area contributed by atoms with Crippen molar-refractivity contribution >= 4 is 21.9 Å². The van der Waals surface area contributed by atoms with Gasteiger partial charge >= 0.3 is 0 Å². The third-order valence-corrected chi connectivity index (χ3v) is 7.60. The maximum atomic E-state index is 10.9. The van der Waals surface area contributed by atoms with Crippen LogP contribution in [0.1, 0.15) is 49.7 Å². The van der Waals surface area contributed by atoms with Gasteiger partial charge in [0.15, 0.2) is 0 Å². The van der Waals surface area contributed by atoms with Crippen LogP contribution in [0.5, 0.6) is 0 Å². The minimum absolute atomic E-state index is 0.00929. The third-order valence-electron chi connectivity index (χ3n) is 7.60. The summed E-state index contributed by atoms with van der Waals surface area (Å²) in [6, 6.07) is 14.5. The first-order valence-electron chi connectivity index (χ1n) is 12.8. The molecule has 0 amide bonds. The predicted molar refractivity (Wildman–Crippen MR) is 143 cm³/mol. The number of rotatable bonds is 5. The van der Waals surface area contributed by atoms with Gasteiger partial charge < -0.3 is 14.4 Å². The number of fused-ring (bicyclic) bond motifs is 3. The number of pyridine rings is 2. The van der Waals surface area contributed by atoms with Gasteiger partial charge in [-0.15, -0.1) is 5.10 Å². The highest BCUT2D eigenvalue weighted by atomic mass is 16.5. The van der Waals surface area contributed by atoms with E-state index in [-0.39, 0.29) is 6.04 Å². The van der Waals surface area contributed by atoms with Gasteiger partial charge in [0.1, 0.15) is 0 Å². The fourth-order valence-corrected chi connectivity index (χ4v) is 5.74. The monoisotopic (exact) mass is 496 g/mol. The second kappa shape index (κ2) is 9.04. The lowest BCUT2D eigenvalue weighted by Crippen LogP contribution is -2.27. The summed E-state index contributed by atoms with van der Waals surface area (Å²) >= 11 is 0. The summed E-state index contributed by atoms with van der Waals surface area (Å²) in [5.74, 6) is 0.344. The summed E-state index contributed by atoms with van der Waals surface area (Å²) in [6.07, 6.45) is 5.68. The molecule has 0 radical (unpaired) electrons. The summed E-state index contributed by atoms with van der Waals surface area (Å²) in [4.78, 5) is 9.82. The van der Waals surface area contributed by atoms with Crippen LogP contribution in [0.25, 0.3) is 33.2 Å². The van der Waals surface area contributed by atoms with Crippen LogP contribution in [0.4, 0.5) is 0 Å². The normalized spacial score (nSPS) is 16.0. The number of benzene rings is 1. The molecule has 190 valence electrons. The molecule has 5 heterocycles. The largest absolute Gasteiger partial charge is 0.386 e. The molecule has 6 rings (SSSR count). The van der Waals surface area contributed by atoms with E-state index in [2.05, 4.69) is 45.2 Å². The van der Waals surface area contributed by atoms with E-state index in [9.17, 15) is 5.11 Å². The number of nitrogens with zero attached hydrogens (tertiary/aromatic N) is 6. The standard InChI is InChI=1S/C29H32N6O2/c1-18-27(34(4)33-32-18)20-15-25-26(31-17-20)22-9-8-21(29(2,3)36)16-24(22)35(25)28(19-10-13-37-14-11-19)23-7-5-6-12-30-23/h5-9,12,15-17,19,28,36H,10-11,13-14H2,1-4H3/t28-/m1/s1. The van der Waals surface area contributed by atoms with E-state index < -0.39 is 5.60 Å². The SMILES string of the molecule is Cc1nnn(C)c1-c1cnc2c3ccc(C(C)(C)O)cc3n([C@@H](c3ccccn3)C3CCOCC3)c2c1. The predicted octanol–water partition coefficient (Wildman–Crippen LogP) is 4.93. The summed E-state index contributed by atoms with van der Waals surface area (Å²) in [7, 11) is 1.91. The Labute approximate surface area is 215 Å². The van der Waals surface area contributed by atoms with Crippen LogP contribution in [-0.2, 0) is 17.4 Å². The van der Waals surface area contributed by atoms with Crippen LogP contribution in [-0.4, -0.2) is 47.8 Å². The Bertz CT molecular complexity index is 1560. The number of aryl methyl sites for hydroxylation is 2. The second-order valence-corrected chi connectivity index (χ2v) is 10.5. The number of aliphatic hydroxyl groups is 1. The molecular formula is C29H32N6O2. The fourth-order valence-electron chi connectivity index (χ4n) is 5.74. The number of aromatic nitrogens is 6. The smallest absolute Gasteiger partial charge is 0.0960 e. The second-order valence-electron chi connectivity index (χ2n) is 10.5. The van der Waals surface area contributed by atoms with E-state index >= 15 is 0 Å². The highest BCUT2D eigenvalue weighted by molar-refractivity contribution is 6.07. The van der Waals surface area contributed by atoms with Crippen LogP contribution < -0.4 is 0 Å². The lowest BCUT2D eigenvalue weighted by Gasteiger charge is -2.32. The number of hydrogen-bond donors (Lipinski definition) is 1. The Balaban J connectivity index is 1.69. The average molecular weight is 497 g/mol. The molecule has 0 saturated carbocycles. The van der Waals surface area contributed by atoms with E-state index in [1.807, 2.05) is 52.3 Å². The van der Waals surface area contributed by atoms with Crippen LogP contribution in [0.2, 0.25) is 0 Å². The molecule has 4 aromatic heterocycles. The van der Waals surface area contributed by atoms with Crippen LogP contribution in [0, 0.1) is 12.8 Å². The summed E-state index contributed by atoms with van der Waals surface area (Å²) in [6.45, 7) is 7.10. The first-order valence-corrected chi connectivity index (χ1v) is 12.8. The van der Waals surface area contributed by atoms with Gasteiger partial charge in [-0.05, 0) is 69.4 Å². The van der Waals surface area contributed by atoms with Crippen molar-refractivity contribution < 1.29 is 9.84 Å². The van der Waals surface area contributed by atoms with Crippen molar-refractivity contribution in [2.24, 2.45) is 13.0 Å². The van der Waals surface area contributed by atoms with Gasteiger partial charge in [-0.1, -0.05) is 23.4 Å². The molecule has 1 saturated heterocycles. The summed E-state index contributed by atoms with van der Waals surface area (Å²) in [5, 5.41) is 20.4. The highest BCUT2D eigenvalue weighted by Gasteiger charge is 2.32. The quantitative estimate of drug-likeness (QED) is 0.371.